The van der Waals surface area contributed by atoms with Gasteiger partial charge in [-0.1, -0.05) is 42.0 Å². The minimum absolute atomic E-state index is 0.0666. The van der Waals surface area contributed by atoms with Crippen LogP contribution < -0.4 is 5.32 Å². The van der Waals surface area contributed by atoms with Crippen LogP contribution in [0.3, 0.4) is 0 Å². The average Bonchev–Trinajstić information content (AvgIpc) is 3.17. The van der Waals surface area contributed by atoms with Gasteiger partial charge in [0.05, 0.1) is 11.5 Å². The van der Waals surface area contributed by atoms with Crippen molar-refractivity contribution < 1.29 is 27.3 Å². The van der Waals surface area contributed by atoms with Gasteiger partial charge in [-0.25, -0.2) is 0 Å². The van der Waals surface area contributed by atoms with Gasteiger partial charge >= 0.3 is 5.97 Å². The standard InChI is InChI=1S/C16H21NO3.C7H8O3S/c1-3-20-16(19)15-9-8-14(17-15)10-12-4-6-13(7-5-12)11(2)18;1-6-2-4-7(5-3-6)11(8,9)10/h4-7,14-15,17H,3,8-10H2,1-2H3;2-5H,1H3,(H,8,9,10)/t14-,15+;/m0./s1. The molecule has 2 N–H and O–H groups in total. The Morgan fingerprint density at radius 2 is 1.68 bits per heavy atom. The van der Waals surface area contributed by atoms with Gasteiger partial charge in [-0.15, -0.1) is 0 Å². The Bertz CT molecular complexity index is 984. The molecule has 1 heterocycles. The molecule has 7 nitrogen and oxygen atoms in total. The van der Waals surface area contributed by atoms with Gasteiger partial charge in [0.2, 0.25) is 0 Å². The number of hydrogen-bond acceptors (Lipinski definition) is 6. The quantitative estimate of drug-likeness (QED) is 0.397. The van der Waals surface area contributed by atoms with Crippen LogP contribution >= 0.6 is 0 Å². The molecule has 8 heteroatoms. The lowest BCUT2D eigenvalue weighted by Gasteiger charge is -2.13. The highest BCUT2D eigenvalue weighted by molar-refractivity contribution is 7.85. The van der Waals surface area contributed by atoms with Crippen LogP contribution in [0.5, 0.6) is 0 Å². The summed E-state index contributed by atoms with van der Waals surface area (Å²) < 4.78 is 34.6. The summed E-state index contributed by atoms with van der Waals surface area (Å²) in [6, 6.07) is 13.8. The summed E-state index contributed by atoms with van der Waals surface area (Å²) in [5.41, 5.74) is 2.87. The maximum atomic E-state index is 11.6. The number of carbonyl (C=O) groups is 2. The second-order valence-corrected chi connectivity index (χ2v) is 8.91. The van der Waals surface area contributed by atoms with Crippen LogP contribution in [-0.2, 0) is 26.1 Å². The first-order chi connectivity index (χ1) is 14.6. The number of carbonyl (C=O) groups excluding carboxylic acids is 2. The van der Waals surface area contributed by atoms with Crippen molar-refractivity contribution in [1.82, 2.24) is 5.32 Å². The number of rotatable bonds is 6. The molecule has 31 heavy (non-hydrogen) atoms. The lowest BCUT2D eigenvalue weighted by Crippen LogP contribution is -2.37. The molecule has 1 aliphatic rings. The molecule has 0 aliphatic carbocycles. The van der Waals surface area contributed by atoms with E-state index in [2.05, 4.69) is 5.32 Å². The highest BCUT2D eigenvalue weighted by Gasteiger charge is 2.29. The van der Waals surface area contributed by atoms with Crippen molar-refractivity contribution in [3.05, 3.63) is 65.2 Å². The molecule has 0 unspecified atom stereocenters. The third-order valence-corrected chi connectivity index (χ3v) is 5.84. The Hall–Kier alpha value is -2.55. The highest BCUT2D eigenvalue weighted by Crippen LogP contribution is 2.18. The Morgan fingerprint density at radius 3 is 2.19 bits per heavy atom. The van der Waals surface area contributed by atoms with Crippen molar-refractivity contribution in [3.63, 3.8) is 0 Å². The van der Waals surface area contributed by atoms with Gasteiger partial charge in [-0.3, -0.25) is 14.1 Å². The molecule has 2 aromatic rings. The molecule has 1 aliphatic heterocycles. The fourth-order valence-corrected chi connectivity index (χ4v) is 3.76. The van der Waals surface area contributed by atoms with Crippen molar-refractivity contribution in [3.8, 4) is 0 Å². The summed E-state index contributed by atoms with van der Waals surface area (Å²) in [5.74, 6) is -0.0696. The lowest BCUT2D eigenvalue weighted by atomic mass is 10.0. The van der Waals surface area contributed by atoms with E-state index in [1.165, 1.54) is 17.7 Å². The molecular formula is C23H29NO6S. The summed E-state index contributed by atoms with van der Waals surface area (Å²) >= 11 is 0. The zero-order chi connectivity index (χ0) is 23.0. The van der Waals surface area contributed by atoms with Crippen molar-refractivity contribution in [2.45, 2.75) is 57.0 Å². The number of benzene rings is 2. The van der Waals surface area contributed by atoms with Gasteiger partial charge in [0.25, 0.3) is 10.1 Å². The van der Waals surface area contributed by atoms with Crippen LogP contribution in [0.15, 0.2) is 53.4 Å². The molecule has 0 radical (unpaired) electrons. The summed E-state index contributed by atoms with van der Waals surface area (Å²) in [7, 11) is -4.02. The zero-order valence-electron chi connectivity index (χ0n) is 18.0. The number of hydrogen-bond donors (Lipinski definition) is 2. The Morgan fingerprint density at radius 1 is 1.06 bits per heavy atom. The van der Waals surface area contributed by atoms with Crippen molar-refractivity contribution in [2.24, 2.45) is 0 Å². The Kier molecular flexibility index (Phi) is 8.91. The highest BCUT2D eigenvalue weighted by atomic mass is 32.2. The number of aryl methyl sites for hydroxylation is 1. The molecule has 1 saturated heterocycles. The maximum absolute atomic E-state index is 11.6. The van der Waals surface area contributed by atoms with Crippen LogP contribution in [-0.4, -0.2) is 43.4 Å². The van der Waals surface area contributed by atoms with E-state index in [1.807, 2.05) is 38.1 Å². The van der Waals surface area contributed by atoms with E-state index in [1.54, 1.807) is 19.1 Å². The van der Waals surface area contributed by atoms with E-state index >= 15 is 0 Å². The Balaban J connectivity index is 0.000000262. The van der Waals surface area contributed by atoms with Gasteiger partial charge in [-0.2, -0.15) is 8.42 Å². The first kappa shape index (κ1) is 24.7. The van der Waals surface area contributed by atoms with E-state index in [4.69, 9.17) is 9.29 Å². The molecule has 1 fully saturated rings. The average molecular weight is 448 g/mol. The number of Topliss-reactive ketones (excluding diaryl/α,β-unsaturated/α-hetero) is 1. The molecule has 2 aromatic carbocycles. The smallest absolute Gasteiger partial charge is 0.323 e. The molecule has 2 atom stereocenters. The topological polar surface area (TPSA) is 110 Å². The fraction of sp³-hybridized carbons (Fsp3) is 0.391. The van der Waals surface area contributed by atoms with E-state index in [-0.39, 0.29) is 22.7 Å². The van der Waals surface area contributed by atoms with Gasteiger partial charge in [0.1, 0.15) is 6.04 Å². The van der Waals surface area contributed by atoms with Crippen molar-refractivity contribution in [1.29, 1.82) is 0 Å². The number of nitrogens with one attached hydrogen (secondary N) is 1. The fourth-order valence-electron chi connectivity index (χ4n) is 3.28. The van der Waals surface area contributed by atoms with Crippen molar-refractivity contribution >= 4 is 21.9 Å². The molecule has 168 valence electrons. The molecule has 3 rings (SSSR count). The van der Waals surface area contributed by atoms with Crippen LogP contribution in [0.1, 0.15) is 48.2 Å². The monoisotopic (exact) mass is 447 g/mol. The van der Waals surface area contributed by atoms with Crippen LogP contribution in [0.2, 0.25) is 0 Å². The molecule has 0 saturated carbocycles. The van der Waals surface area contributed by atoms with E-state index in [0.29, 0.717) is 12.6 Å². The molecule has 0 aromatic heterocycles. The minimum atomic E-state index is -4.02. The first-order valence-electron chi connectivity index (χ1n) is 10.2. The van der Waals surface area contributed by atoms with Gasteiger partial charge < -0.3 is 10.1 Å². The van der Waals surface area contributed by atoms with E-state index in [0.717, 1.165) is 30.4 Å². The third-order valence-electron chi connectivity index (χ3n) is 4.97. The first-order valence-corrected chi connectivity index (χ1v) is 11.6. The summed E-state index contributed by atoms with van der Waals surface area (Å²) in [6.45, 7) is 5.65. The molecule has 0 bridgehead atoms. The second kappa shape index (κ2) is 11.2. The number of esters is 1. The Labute approximate surface area is 183 Å². The van der Waals surface area contributed by atoms with Crippen LogP contribution in [0, 0.1) is 6.92 Å². The van der Waals surface area contributed by atoms with Gasteiger partial charge in [-0.05, 0) is 57.7 Å². The number of ketones is 1. The van der Waals surface area contributed by atoms with Gasteiger partial charge in [0.15, 0.2) is 5.78 Å². The summed E-state index contributed by atoms with van der Waals surface area (Å²) in [6.07, 6.45) is 2.67. The second-order valence-electron chi connectivity index (χ2n) is 7.49. The maximum Gasteiger partial charge on any atom is 0.323 e. The largest absolute Gasteiger partial charge is 0.465 e. The summed E-state index contributed by atoms with van der Waals surface area (Å²) in [4.78, 5) is 22.8. The SMILES string of the molecule is CCOC(=O)[C@H]1CC[C@@H](Cc2ccc(C(C)=O)cc2)N1.Cc1ccc(S(=O)(=O)O)cc1. The normalized spacial score (nSPS) is 18.1. The zero-order valence-corrected chi connectivity index (χ0v) is 18.8. The lowest BCUT2D eigenvalue weighted by molar-refractivity contribution is -0.145. The third kappa shape index (κ3) is 7.90. The van der Waals surface area contributed by atoms with E-state index < -0.39 is 10.1 Å². The minimum Gasteiger partial charge on any atom is -0.465 e. The molecular weight excluding hydrogens is 418 g/mol. The number of ether oxygens (including phenoxy) is 1. The predicted molar refractivity (Wildman–Crippen MR) is 118 cm³/mol. The van der Waals surface area contributed by atoms with E-state index in [9.17, 15) is 18.0 Å². The van der Waals surface area contributed by atoms with Crippen LogP contribution in [0.4, 0.5) is 0 Å². The van der Waals surface area contributed by atoms with Gasteiger partial charge in [0, 0.05) is 11.6 Å². The predicted octanol–water partition coefficient (Wildman–Crippen LogP) is 3.36. The van der Waals surface area contributed by atoms with Crippen LogP contribution in [0.25, 0.3) is 0 Å². The molecule has 0 spiro atoms. The van der Waals surface area contributed by atoms with Crippen molar-refractivity contribution in [2.75, 3.05) is 6.61 Å². The molecule has 0 amide bonds. The summed E-state index contributed by atoms with van der Waals surface area (Å²) in [5, 5.41) is 3.32.